The molecule has 1 aromatic rings. The lowest BCUT2D eigenvalue weighted by molar-refractivity contribution is -0.132. The quantitative estimate of drug-likeness (QED) is 0.921. The lowest BCUT2D eigenvalue weighted by Gasteiger charge is -2.30. The molecule has 1 fully saturated rings. The molecule has 1 atom stereocenters. The van der Waals surface area contributed by atoms with E-state index in [4.69, 9.17) is 4.42 Å². The summed E-state index contributed by atoms with van der Waals surface area (Å²) in [7, 11) is 1.85. The Bertz CT molecular complexity index is 378. The maximum atomic E-state index is 11.3. The van der Waals surface area contributed by atoms with Crippen LogP contribution < -0.4 is 5.32 Å². The Morgan fingerprint density at radius 1 is 1.62 bits per heavy atom. The van der Waals surface area contributed by atoms with Gasteiger partial charge in [-0.1, -0.05) is 0 Å². The number of amides is 1. The van der Waals surface area contributed by atoms with Gasteiger partial charge < -0.3 is 14.6 Å². The number of carbonyl (C=O) groups is 1. The molecule has 0 bridgehead atoms. The Kier molecular flexibility index (Phi) is 3.66. The van der Waals surface area contributed by atoms with Crippen molar-refractivity contribution in [2.75, 3.05) is 13.6 Å². The van der Waals surface area contributed by atoms with Gasteiger partial charge in [-0.2, -0.15) is 0 Å². The number of hydrogen-bond acceptors (Lipinski definition) is 3. The van der Waals surface area contributed by atoms with Gasteiger partial charge in [0.2, 0.25) is 5.91 Å². The first kappa shape index (κ1) is 11.7. The number of likely N-dealkylation sites (tertiary alicyclic amines) is 1. The zero-order valence-corrected chi connectivity index (χ0v) is 10.8. The number of piperidine rings is 1. The maximum absolute atomic E-state index is 11.3. The van der Waals surface area contributed by atoms with Crippen molar-refractivity contribution >= 4 is 21.8 Å². The second-order valence-electron chi connectivity index (χ2n) is 4.10. The fourth-order valence-electron chi connectivity index (χ4n) is 1.87. The highest BCUT2D eigenvalue weighted by Gasteiger charge is 2.22. The SMILES string of the molecule is CN1CC(NCc2ccc(Br)o2)CCC1=O. The molecule has 1 unspecified atom stereocenters. The largest absolute Gasteiger partial charge is 0.453 e. The second kappa shape index (κ2) is 5.01. The van der Waals surface area contributed by atoms with E-state index in [1.165, 1.54) is 0 Å². The van der Waals surface area contributed by atoms with Gasteiger partial charge >= 0.3 is 0 Å². The highest BCUT2D eigenvalue weighted by molar-refractivity contribution is 9.10. The predicted octanol–water partition coefficient (Wildman–Crippen LogP) is 1.75. The average Bonchev–Trinajstić information content (AvgIpc) is 2.66. The van der Waals surface area contributed by atoms with Crippen LogP contribution >= 0.6 is 15.9 Å². The lowest BCUT2D eigenvalue weighted by atomic mass is 10.1. The molecule has 16 heavy (non-hydrogen) atoms. The highest BCUT2D eigenvalue weighted by atomic mass is 79.9. The van der Waals surface area contributed by atoms with Crippen molar-refractivity contribution in [2.24, 2.45) is 0 Å². The van der Waals surface area contributed by atoms with E-state index in [2.05, 4.69) is 21.2 Å². The van der Waals surface area contributed by atoms with E-state index in [-0.39, 0.29) is 5.91 Å². The number of nitrogens with one attached hydrogen (secondary N) is 1. The van der Waals surface area contributed by atoms with E-state index in [9.17, 15) is 4.79 Å². The Morgan fingerprint density at radius 3 is 3.06 bits per heavy atom. The summed E-state index contributed by atoms with van der Waals surface area (Å²) in [6.45, 7) is 1.49. The minimum Gasteiger partial charge on any atom is -0.453 e. The number of carbonyl (C=O) groups excluding carboxylic acids is 1. The van der Waals surface area contributed by atoms with Crippen LogP contribution in [0.4, 0.5) is 0 Å². The number of rotatable bonds is 3. The van der Waals surface area contributed by atoms with Crippen molar-refractivity contribution in [3.8, 4) is 0 Å². The van der Waals surface area contributed by atoms with E-state index in [0.29, 0.717) is 19.0 Å². The van der Waals surface area contributed by atoms with E-state index >= 15 is 0 Å². The normalized spacial score (nSPS) is 21.5. The van der Waals surface area contributed by atoms with Crippen LogP contribution in [-0.4, -0.2) is 30.4 Å². The van der Waals surface area contributed by atoms with E-state index in [1.807, 2.05) is 19.2 Å². The molecule has 1 aromatic heterocycles. The van der Waals surface area contributed by atoms with Gasteiger partial charge in [0.25, 0.3) is 0 Å². The first-order chi connectivity index (χ1) is 7.65. The monoisotopic (exact) mass is 286 g/mol. The van der Waals surface area contributed by atoms with Gasteiger partial charge in [0.05, 0.1) is 6.54 Å². The van der Waals surface area contributed by atoms with Crippen LogP contribution in [0.1, 0.15) is 18.6 Å². The van der Waals surface area contributed by atoms with Gasteiger partial charge in [-0.05, 0) is 34.5 Å². The molecule has 1 aliphatic heterocycles. The Balaban J connectivity index is 1.80. The minimum atomic E-state index is 0.235. The molecule has 2 rings (SSSR count). The topological polar surface area (TPSA) is 45.5 Å². The van der Waals surface area contributed by atoms with E-state index in [1.54, 1.807) is 4.90 Å². The third-order valence-corrected chi connectivity index (χ3v) is 3.25. The molecule has 1 saturated heterocycles. The van der Waals surface area contributed by atoms with Gasteiger partial charge in [0.1, 0.15) is 5.76 Å². The molecular weight excluding hydrogens is 272 g/mol. The van der Waals surface area contributed by atoms with Gasteiger partial charge in [-0.15, -0.1) is 0 Å². The smallest absolute Gasteiger partial charge is 0.222 e. The summed E-state index contributed by atoms with van der Waals surface area (Å²) in [6.07, 6.45) is 1.54. The molecule has 0 aliphatic carbocycles. The number of likely N-dealkylation sites (N-methyl/N-ethyl adjacent to an activating group) is 1. The van der Waals surface area contributed by atoms with Crippen molar-refractivity contribution in [2.45, 2.75) is 25.4 Å². The van der Waals surface area contributed by atoms with Crippen molar-refractivity contribution in [1.82, 2.24) is 10.2 Å². The maximum Gasteiger partial charge on any atom is 0.222 e. The zero-order valence-electron chi connectivity index (χ0n) is 9.20. The summed E-state index contributed by atoms with van der Waals surface area (Å²) < 4.78 is 6.15. The summed E-state index contributed by atoms with van der Waals surface area (Å²) in [6, 6.07) is 4.19. The molecule has 1 aliphatic rings. The highest BCUT2D eigenvalue weighted by Crippen LogP contribution is 2.15. The standard InChI is InChI=1S/C11H15BrN2O2/c1-14-7-8(2-5-11(14)15)13-6-9-3-4-10(12)16-9/h3-4,8,13H,2,5-7H2,1H3. The number of furan rings is 1. The molecular formula is C11H15BrN2O2. The van der Waals surface area contributed by atoms with Crippen molar-refractivity contribution in [3.63, 3.8) is 0 Å². The first-order valence-corrected chi connectivity index (χ1v) is 6.16. The molecule has 0 spiro atoms. The molecule has 0 radical (unpaired) electrons. The molecule has 88 valence electrons. The Hall–Kier alpha value is -0.810. The molecule has 0 saturated carbocycles. The minimum absolute atomic E-state index is 0.235. The van der Waals surface area contributed by atoms with Crippen molar-refractivity contribution in [1.29, 1.82) is 0 Å². The fourth-order valence-corrected chi connectivity index (χ4v) is 2.21. The molecule has 4 nitrogen and oxygen atoms in total. The summed E-state index contributed by atoms with van der Waals surface area (Å²) in [5.41, 5.74) is 0. The van der Waals surface area contributed by atoms with Crippen LogP contribution in [-0.2, 0) is 11.3 Å². The van der Waals surface area contributed by atoms with Crippen LogP contribution in [0, 0.1) is 0 Å². The summed E-state index contributed by atoms with van der Waals surface area (Å²) in [5, 5.41) is 3.39. The molecule has 1 amide bonds. The zero-order chi connectivity index (χ0) is 11.5. The molecule has 2 heterocycles. The second-order valence-corrected chi connectivity index (χ2v) is 4.88. The van der Waals surface area contributed by atoms with E-state index in [0.717, 1.165) is 23.4 Å². The fraction of sp³-hybridized carbons (Fsp3) is 0.545. The molecule has 0 aromatic carbocycles. The van der Waals surface area contributed by atoms with Gasteiger partial charge in [0.15, 0.2) is 4.67 Å². The number of nitrogens with zero attached hydrogens (tertiary/aromatic N) is 1. The lowest BCUT2D eigenvalue weighted by Crippen LogP contribution is -2.46. The van der Waals surface area contributed by atoms with Crippen molar-refractivity contribution in [3.05, 3.63) is 22.6 Å². The summed E-state index contributed by atoms with van der Waals surface area (Å²) in [5.74, 6) is 1.14. The summed E-state index contributed by atoms with van der Waals surface area (Å²) in [4.78, 5) is 13.1. The Morgan fingerprint density at radius 2 is 2.44 bits per heavy atom. The third kappa shape index (κ3) is 2.86. The van der Waals surface area contributed by atoms with Crippen LogP contribution in [0.25, 0.3) is 0 Å². The van der Waals surface area contributed by atoms with Crippen LogP contribution in [0.15, 0.2) is 21.2 Å². The number of halogens is 1. The summed E-state index contributed by atoms with van der Waals surface area (Å²) >= 11 is 3.27. The van der Waals surface area contributed by atoms with Gasteiger partial charge in [0, 0.05) is 26.1 Å². The van der Waals surface area contributed by atoms with E-state index < -0.39 is 0 Å². The van der Waals surface area contributed by atoms with Crippen LogP contribution in [0.2, 0.25) is 0 Å². The first-order valence-electron chi connectivity index (χ1n) is 5.36. The third-order valence-electron chi connectivity index (χ3n) is 2.82. The van der Waals surface area contributed by atoms with Crippen molar-refractivity contribution < 1.29 is 9.21 Å². The van der Waals surface area contributed by atoms with Gasteiger partial charge in [-0.25, -0.2) is 0 Å². The van der Waals surface area contributed by atoms with Crippen LogP contribution in [0.5, 0.6) is 0 Å². The predicted molar refractivity (Wildman–Crippen MR) is 63.9 cm³/mol. The molecule has 5 heteroatoms. The number of hydrogen-bond donors (Lipinski definition) is 1. The van der Waals surface area contributed by atoms with Crippen LogP contribution in [0.3, 0.4) is 0 Å². The average molecular weight is 287 g/mol. The molecule has 1 N–H and O–H groups in total. The van der Waals surface area contributed by atoms with Gasteiger partial charge in [-0.3, -0.25) is 4.79 Å². The Labute approximate surface area is 103 Å².